The molecule has 0 spiro atoms. The predicted octanol–water partition coefficient (Wildman–Crippen LogP) is 2.23. The van der Waals surface area contributed by atoms with E-state index in [2.05, 4.69) is 5.43 Å². The van der Waals surface area contributed by atoms with E-state index in [9.17, 15) is 18.0 Å². The van der Waals surface area contributed by atoms with Crippen molar-refractivity contribution in [3.63, 3.8) is 0 Å². The predicted molar refractivity (Wildman–Crippen MR) is 78.3 cm³/mol. The van der Waals surface area contributed by atoms with Gasteiger partial charge in [-0.05, 0) is 40.0 Å². The zero-order valence-corrected chi connectivity index (χ0v) is 13.8. The molecule has 21 heavy (non-hydrogen) atoms. The van der Waals surface area contributed by atoms with Crippen molar-refractivity contribution < 1.29 is 22.7 Å². The fraction of sp³-hybridized carbons (Fsp3) is 0.846. The molecule has 1 fully saturated rings. The van der Waals surface area contributed by atoms with Crippen LogP contribution in [0.1, 0.15) is 53.4 Å². The van der Waals surface area contributed by atoms with Crippen LogP contribution in [0.4, 0.5) is 9.59 Å². The number of nitrogens with one attached hydrogen (secondary N) is 1. The summed E-state index contributed by atoms with van der Waals surface area (Å²) >= 11 is 0. The second-order valence-corrected chi connectivity index (χ2v) is 8.16. The quantitative estimate of drug-likeness (QED) is 0.802. The molecule has 0 saturated heterocycles. The maximum atomic E-state index is 12.0. The van der Waals surface area contributed by atoms with E-state index in [4.69, 9.17) is 4.74 Å². The van der Waals surface area contributed by atoms with E-state index in [1.807, 2.05) is 6.92 Å². The van der Waals surface area contributed by atoms with Gasteiger partial charge in [-0.3, -0.25) is 4.79 Å². The first-order valence-corrected chi connectivity index (χ1v) is 8.77. The summed E-state index contributed by atoms with van der Waals surface area (Å²) in [7, 11) is -3.90. The molecule has 1 aliphatic rings. The van der Waals surface area contributed by atoms with Gasteiger partial charge in [-0.15, -0.1) is 0 Å². The zero-order chi connectivity index (χ0) is 16.3. The third-order valence-corrected chi connectivity index (χ3v) is 4.25. The number of hydrogen-bond donors (Lipinski definition) is 1. The lowest BCUT2D eigenvalue weighted by atomic mass is 10.2. The van der Waals surface area contributed by atoms with E-state index in [1.165, 1.54) is 0 Å². The minimum Gasteiger partial charge on any atom is -0.442 e. The average Bonchev–Trinajstić information content (AvgIpc) is 3.14. The van der Waals surface area contributed by atoms with Crippen molar-refractivity contribution in [2.24, 2.45) is 0 Å². The highest BCUT2D eigenvalue weighted by Gasteiger charge is 2.38. The van der Waals surface area contributed by atoms with Crippen molar-refractivity contribution in [2.45, 2.75) is 65.0 Å². The van der Waals surface area contributed by atoms with Crippen molar-refractivity contribution in [3.05, 3.63) is 0 Å². The van der Waals surface area contributed by atoms with E-state index in [1.54, 1.807) is 20.8 Å². The largest absolute Gasteiger partial charge is 0.442 e. The second-order valence-electron chi connectivity index (χ2n) is 6.15. The molecule has 1 rings (SSSR count). The minimum absolute atomic E-state index is 0.190. The van der Waals surface area contributed by atoms with Crippen LogP contribution in [0.2, 0.25) is 0 Å². The molecule has 0 aromatic rings. The van der Waals surface area contributed by atoms with Gasteiger partial charge in [0.1, 0.15) is 5.60 Å². The highest BCUT2D eigenvalue weighted by atomic mass is 32.2. The van der Waals surface area contributed by atoms with Crippen molar-refractivity contribution in [3.8, 4) is 0 Å². The molecule has 8 heteroatoms. The molecule has 7 nitrogen and oxygen atoms in total. The molecule has 1 N–H and O–H groups in total. The van der Waals surface area contributed by atoms with Crippen LogP contribution in [0.5, 0.6) is 0 Å². The minimum atomic E-state index is -3.90. The topological polar surface area (TPSA) is 92.8 Å². The number of unbranched alkanes of at least 4 members (excludes halogenated alkanes) is 1. The molecule has 0 aromatic carbocycles. The van der Waals surface area contributed by atoms with Crippen molar-refractivity contribution in [1.29, 1.82) is 0 Å². The Morgan fingerprint density at radius 1 is 1.29 bits per heavy atom. The highest BCUT2D eigenvalue weighted by molar-refractivity contribution is 8.05. The molecule has 0 atom stereocenters. The van der Waals surface area contributed by atoms with E-state index < -0.39 is 26.8 Å². The normalized spacial score (nSPS) is 15.4. The molecule has 0 aliphatic heterocycles. The summed E-state index contributed by atoms with van der Waals surface area (Å²) in [6, 6.07) is -0.190. The van der Waals surface area contributed by atoms with Crippen LogP contribution in [0.3, 0.4) is 0 Å². The number of hydrogen-bond acceptors (Lipinski definition) is 5. The molecule has 0 heterocycles. The first kappa shape index (κ1) is 17.7. The Bertz CT molecular complexity index is 491. The molecule has 0 radical (unpaired) electrons. The number of hydrazine groups is 1. The summed E-state index contributed by atoms with van der Waals surface area (Å²) in [5.74, 6) is -0.220. The van der Waals surface area contributed by atoms with Crippen LogP contribution in [-0.4, -0.2) is 42.2 Å². The Hall–Kier alpha value is -1.31. The molecule has 122 valence electrons. The van der Waals surface area contributed by atoms with E-state index in [0.717, 1.165) is 5.01 Å². The Morgan fingerprint density at radius 2 is 1.86 bits per heavy atom. The Balaban J connectivity index is 2.71. The van der Waals surface area contributed by atoms with Gasteiger partial charge in [0.25, 0.3) is 0 Å². The highest BCUT2D eigenvalue weighted by Crippen LogP contribution is 2.27. The summed E-state index contributed by atoms with van der Waals surface area (Å²) in [5.41, 5.74) is 1.47. The van der Waals surface area contributed by atoms with Gasteiger partial charge in [-0.1, -0.05) is 13.3 Å². The van der Waals surface area contributed by atoms with Gasteiger partial charge < -0.3 is 4.74 Å². The standard InChI is InChI=1S/C13H24N2O5S/c1-5-6-9-21(18,19)11(16)14-15(10-7-8-10)12(17)20-13(2,3)4/h10H,5-9H2,1-4H3,(H,14,16). The van der Waals surface area contributed by atoms with Gasteiger partial charge >= 0.3 is 11.3 Å². The number of carbonyl (C=O) groups excluding carboxylic acids is 2. The van der Waals surface area contributed by atoms with Crippen LogP contribution >= 0.6 is 0 Å². The maximum Gasteiger partial charge on any atom is 0.429 e. The third-order valence-electron chi connectivity index (χ3n) is 2.76. The smallest absolute Gasteiger partial charge is 0.429 e. The maximum absolute atomic E-state index is 12.0. The third kappa shape index (κ3) is 5.91. The van der Waals surface area contributed by atoms with Crippen LogP contribution in [0.25, 0.3) is 0 Å². The molecule has 1 aliphatic carbocycles. The Labute approximate surface area is 125 Å². The summed E-state index contributed by atoms with van der Waals surface area (Å²) in [4.78, 5) is 23.8. The summed E-state index contributed by atoms with van der Waals surface area (Å²) < 4.78 is 28.7. The summed E-state index contributed by atoms with van der Waals surface area (Å²) in [6.45, 7) is 6.95. The zero-order valence-electron chi connectivity index (χ0n) is 13.0. The molecular weight excluding hydrogens is 296 g/mol. The lowest BCUT2D eigenvalue weighted by Crippen LogP contribution is -2.51. The first-order valence-electron chi connectivity index (χ1n) is 7.12. The van der Waals surface area contributed by atoms with E-state index in [0.29, 0.717) is 25.7 Å². The van der Waals surface area contributed by atoms with E-state index >= 15 is 0 Å². The van der Waals surface area contributed by atoms with Crippen molar-refractivity contribution >= 4 is 21.2 Å². The molecular formula is C13H24N2O5S. The van der Waals surface area contributed by atoms with Gasteiger partial charge in [0.05, 0.1) is 11.8 Å². The van der Waals surface area contributed by atoms with Gasteiger partial charge in [0.15, 0.2) is 0 Å². The Morgan fingerprint density at radius 3 is 2.29 bits per heavy atom. The Kier molecular flexibility index (Phi) is 5.61. The lowest BCUT2D eigenvalue weighted by molar-refractivity contribution is 0.0159. The van der Waals surface area contributed by atoms with Gasteiger partial charge in [0.2, 0.25) is 9.84 Å². The van der Waals surface area contributed by atoms with Crippen LogP contribution in [-0.2, 0) is 14.6 Å². The first-order chi connectivity index (χ1) is 9.57. The molecule has 0 unspecified atom stereocenters. The monoisotopic (exact) mass is 320 g/mol. The second kappa shape index (κ2) is 6.64. The van der Waals surface area contributed by atoms with Crippen molar-refractivity contribution in [1.82, 2.24) is 10.4 Å². The molecule has 1 saturated carbocycles. The van der Waals surface area contributed by atoms with Gasteiger partial charge in [0, 0.05) is 0 Å². The fourth-order valence-corrected chi connectivity index (χ4v) is 2.62. The van der Waals surface area contributed by atoms with Crippen LogP contribution in [0.15, 0.2) is 0 Å². The number of amides is 2. The van der Waals surface area contributed by atoms with E-state index in [-0.39, 0.29) is 11.8 Å². The number of sulfone groups is 1. The number of carbonyl (C=O) groups is 2. The summed E-state index contributed by atoms with van der Waals surface area (Å²) in [5, 5.41) is -0.148. The van der Waals surface area contributed by atoms with Gasteiger partial charge in [-0.2, -0.15) is 0 Å². The molecule has 2 amide bonds. The number of ether oxygens (including phenoxy) is 1. The van der Waals surface area contributed by atoms with Crippen LogP contribution < -0.4 is 5.43 Å². The van der Waals surface area contributed by atoms with Crippen LogP contribution in [0, 0.1) is 0 Å². The molecule has 0 aromatic heterocycles. The lowest BCUT2D eigenvalue weighted by Gasteiger charge is -2.27. The fourth-order valence-electron chi connectivity index (χ4n) is 1.52. The SMILES string of the molecule is CCCCS(=O)(=O)C(=O)NN(C(=O)OC(C)(C)C)C1CC1. The molecule has 0 bridgehead atoms. The van der Waals surface area contributed by atoms with Crippen molar-refractivity contribution in [2.75, 3.05) is 5.75 Å². The average molecular weight is 320 g/mol. The number of nitrogens with zero attached hydrogens (tertiary/aromatic N) is 1. The number of rotatable bonds is 4. The van der Waals surface area contributed by atoms with Gasteiger partial charge in [-0.25, -0.2) is 23.6 Å². The summed E-state index contributed by atoms with van der Waals surface area (Å²) in [6.07, 6.45) is 1.78.